The van der Waals surface area contributed by atoms with E-state index in [9.17, 15) is 14.7 Å². The Labute approximate surface area is 129 Å². The first kappa shape index (κ1) is 15.3. The Bertz CT molecular complexity index is 904. The number of imidazole rings is 1. The highest BCUT2D eigenvalue weighted by atomic mass is 16.5. The second-order valence-electron chi connectivity index (χ2n) is 5.20. The Balaban J connectivity index is 2.29. The number of hydrogen-bond donors (Lipinski definition) is 4. The summed E-state index contributed by atoms with van der Waals surface area (Å²) in [7, 11) is 0. The molecule has 10 heteroatoms. The SMILES string of the molecule is C#CCn1c(=O)n(C2OC(CO)CC2O)c2nc(N)[nH]c(=O)c21. The van der Waals surface area contributed by atoms with E-state index in [0.717, 1.165) is 9.13 Å². The highest BCUT2D eigenvalue weighted by Gasteiger charge is 2.38. The summed E-state index contributed by atoms with van der Waals surface area (Å²) in [6.45, 7) is -0.454. The molecular weight excluding hydrogens is 306 g/mol. The van der Waals surface area contributed by atoms with Crippen molar-refractivity contribution in [3.63, 3.8) is 0 Å². The molecule has 2 aromatic rings. The molecule has 0 aromatic carbocycles. The van der Waals surface area contributed by atoms with Crippen LogP contribution in [0.5, 0.6) is 0 Å². The molecule has 0 bridgehead atoms. The van der Waals surface area contributed by atoms with E-state index in [2.05, 4.69) is 15.9 Å². The summed E-state index contributed by atoms with van der Waals surface area (Å²) in [4.78, 5) is 31.0. The molecule has 0 aliphatic carbocycles. The number of H-pyrrole nitrogens is 1. The zero-order valence-electron chi connectivity index (χ0n) is 12.0. The first-order chi connectivity index (χ1) is 11.0. The number of rotatable bonds is 3. The summed E-state index contributed by atoms with van der Waals surface area (Å²) >= 11 is 0. The van der Waals surface area contributed by atoms with Crippen molar-refractivity contribution in [2.24, 2.45) is 0 Å². The number of nitrogens with one attached hydrogen (secondary N) is 1. The molecule has 122 valence electrons. The van der Waals surface area contributed by atoms with Crippen LogP contribution < -0.4 is 17.0 Å². The average molecular weight is 321 g/mol. The fourth-order valence-electron chi connectivity index (χ4n) is 2.75. The van der Waals surface area contributed by atoms with Gasteiger partial charge in [0.15, 0.2) is 17.4 Å². The zero-order chi connectivity index (χ0) is 16.7. The van der Waals surface area contributed by atoms with Crippen LogP contribution in [0.1, 0.15) is 12.6 Å². The number of hydrogen-bond acceptors (Lipinski definition) is 7. The number of ether oxygens (including phenoxy) is 1. The molecule has 3 heterocycles. The normalized spacial score (nSPS) is 24.1. The molecule has 0 amide bonds. The Morgan fingerprint density at radius 3 is 2.87 bits per heavy atom. The second-order valence-corrected chi connectivity index (χ2v) is 5.20. The van der Waals surface area contributed by atoms with Crippen LogP contribution in [0.25, 0.3) is 11.2 Å². The lowest BCUT2D eigenvalue weighted by atomic mass is 10.2. The zero-order valence-corrected chi connectivity index (χ0v) is 12.0. The number of fused-ring (bicyclic) bond motifs is 1. The number of aromatic nitrogens is 4. The minimum atomic E-state index is -1.09. The molecule has 3 atom stereocenters. The smallest absolute Gasteiger partial charge is 0.333 e. The van der Waals surface area contributed by atoms with Gasteiger partial charge in [-0.1, -0.05) is 5.92 Å². The van der Waals surface area contributed by atoms with E-state index in [0.29, 0.717) is 0 Å². The maximum Gasteiger partial charge on any atom is 0.333 e. The maximum atomic E-state index is 12.6. The van der Waals surface area contributed by atoms with Crippen molar-refractivity contribution in [3.05, 3.63) is 20.8 Å². The molecular formula is C13H15N5O5. The van der Waals surface area contributed by atoms with Crippen molar-refractivity contribution >= 4 is 17.1 Å². The molecule has 3 rings (SSSR count). The molecule has 1 saturated heterocycles. The number of nitrogen functional groups attached to an aromatic ring is 1. The molecule has 0 radical (unpaired) electrons. The van der Waals surface area contributed by atoms with Gasteiger partial charge in [-0.2, -0.15) is 4.98 Å². The predicted molar refractivity (Wildman–Crippen MR) is 79.5 cm³/mol. The van der Waals surface area contributed by atoms with Gasteiger partial charge in [0.25, 0.3) is 5.56 Å². The van der Waals surface area contributed by atoms with Crippen molar-refractivity contribution < 1.29 is 14.9 Å². The third-order valence-electron chi connectivity index (χ3n) is 3.70. The molecule has 3 unspecified atom stereocenters. The van der Waals surface area contributed by atoms with Crippen LogP contribution in [-0.4, -0.2) is 48.1 Å². The lowest BCUT2D eigenvalue weighted by molar-refractivity contribution is -0.0505. The van der Waals surface area contributed by atoms with E-state index in [-0.39, 0.29) is 36.7 Å². The number of aliphatic hydroxyl groups excluding tert-OH is 2. The number of anilines is 1. The number of aliphatic hydroxyl groups is 2. The lowest BCUT2D eigenvalue weighted by Crippen LogP contribution is -2.32. The van der Waals surface area contributed by atoms with Crippen molar-refractivity contribution in [1.29, 1.82) is 0 Å². The number of aromatic amines is 1. The van der Waals surface area contributed by atoms with Gasteiger partial charge in [-0.05, 0) is 0 Å². The second kappa shape index (κ2) is 5.54. The van der Waals surface area contributed by atoms with Crippen LogP contribution in [0.3, 0.4) is 0 Å². The molecule has 1 aliphatic heterocycles. The quantitative estimate of drug-likeness (QED) is 0.466. The van der Waals surface area contributed by atoms with E-state index >= 15 is 0 Å². The van der Waals surface area contributed by atoms with E-state index in [1.54, 1.807) is 0 Å². The fraction of sp³-hybridized carbons (Fsp3) is 0.462. The van der Waals surface area contributed by atoms with Crippen molar-refractivity contribution in [1.82, 2.24) is 19.1 Å². The molecule has 10 nitrogen and oxygen atoms in total. The topological polar surface area (TPSA) is 148 Å². The van der Waals surface area contributed by atoms with Gasteiger partial charge in [0.1, 0.15) is 6.10 Å². The number of nitrogens with zero attached hydrogens (tertiary/aromatic N) is 3. The third-order valence-corrected chi connectivity index (χ3v) is 3.70. The van der Waals surface area contributed by atoms with Crippen LogP contribution in [0.2, 0.25) is 0 Å². The highest BCUT2D eigenvalue weighted by molar-refractivity contribution is 5.72. The first-order valence-electron chi connectivity index (χ1n) is 6.86. The maximum absolute atomic E-state index is 12.6. The van der Waals surface area contributed by atoms with E-state index in [4.69, 9.17) is 22.0 Å². The highest BCUT2D eigenvalue weighted by Crippen LogP contribution is 2.29. The van der Waals surface area contributed by atoms with Gasteiger partial charge in [0.05, 0.1) is 19.3 Å². The van der Waals surface area contributed by atoms with Crippen LogP contribution in [0, 0.1) is 12.3 Å². The predicted octanol–water partition coefficient (Wildman–Crippen LogP) is -2.26. The Morgan fingerprint density at radius 2 is 2.26 bits per heavy atom. The molecule has 5 N–H and O–H groups in total. The third kappa shape index (κ3) is 2.31. The van der Waals surface area contributed by atoms with E-state index in [1.807, 2.05) is 0 Å². The Morgan fingerprint density at radius 1 is 1.52 bits per heavy atom. The van der Waals surface area contributed by atoms with Crippen molar-refractivity contribution in [2.75, 3.05) is 12.3 Å². The van der Waals surface area contributed by atoms with Gasteiger partial charge in [0.2, 0.25) is 5.95 Å². The summed E-state index contributed by atoms with van der Waals surface area (Å²) in [5.74, 6) is 2.11. The summed E-state index contributed by atoms with van der Waals surface area (Å²) < 4.78 is 7.57. The van der Waals surface area contributed by atoms with Crippen LogP contribution in [0.4, 0.5) is 5.95 Å². The molecule has 2 aromatic heterocycles. The average Bonchev–Trinajstić information content (AvgIpc) is 2.98. The standard InChI is InChI=1S/C13H15N5O5/c1-2-3-17-8-9(15-12(14)16-10(8)21)18(13(17)22)11-7(20)4-6(5-19)23-11/h1,6-7,11,19-20H,3-5H2,(H3,14,15,16,21). The molecule has 1 fully saturated rings. The van der Waals surface area contributed by atoms with Gasteiger partial charge >= 0.3 is 5.69 Å². The van der Waals surface area contributed by atoms with E-state index in [1.165, 1.54) is 0 Å². The monoisotopic (exact) mass is 321 g/mol. The van der Waals surface area contributed by atoms with Crippen LogP contribution in [0.15, 0.2) is 9.59 Å². The molecule has 0 saturated carbocycles. The Kier molecular flexibility index (Phi) is 3.69. The van der Waals surface area contributed by atoms with Crippen LogP contribution >= 0.6 is 0 Å². The molecule has 1 aliphatic rings. The van der Waals surface area contributed by atoms with Gasteiger partial charge in [-0.25, -0.2) is 9.36 Å². The van der Waals surface area contributed by atoms with Crippen molar-refractivity contribution in [2.45, 2.75) is 31.4 Å². The van der Waals surface area contributed by atoms with Gasteiger partial charge in [-0.15, -0.1) is 6.42 Å². The van der Waals surface area contributed by atoms with E-state index < -0.39 is 29.7 Å². The largest absolute Gasteiger partial charge is 0.394 e. The summed E-state index contributed by atoms with van der Waals surface area (Å²) in [5.41, 5.74) is 4.19. The fourth-order valence-corrected chi connectivity index (χ4v) is 2.75. The first-order valence-corrected chi connectivity index (χ1v) is 6.86. The van der Waals surface area contributed by atoms with Crippen molar-refractivity contribution in [3.8, 4) is 12.3 Å². The minimum absolute atomic E-state index is 0.0332. The van der Waals surface area contributed by atoms with Crippen LogP contribution in [-0.2, 0) is 11.3 Å². The molecule has 0 spiro atoms. The van der Waals surface area contributed by atoms with Gasteiger partial charge < -0.3 is 20.7 Å². The Hall–Kier alpha value is -2.61. The van der Waals surface area contributed by atoms with Gasteiger partial charge in [-0.3, -0.25) is 14.3 Å². The lowest BCUT2D eigenvalue weighted by Gasteiger charge is -2.15. The summed E-state index contributed by atoms with van der Waals surface area (Å²) in [6.07, 6.45) is 2.64. The number of nitrogens with two attached hydrogens (primary N) is 1. The minimum Gasteiger partial charge on any atom is -0.394 e. The summed E-state index contributed by atoms with van der Waals surface area (Å²) in [6, 6.07) is 0. The van der Waals surface area contributed by atoms with Gasteiger partial charge in [0, 0.05) is 6.42 Å². The summed E-state index contributed by atoms with van der Waals surface area (Å²) in [5, 5.41) is 19.3. The molecule has 23 heavy (non-hydrogen) atoms. The number of terminal acetylenes is 1.